The van der Waals surface area contributed by atoms with Crippen molar-refractivity contribution in [1.82, 2.24) is 20.5 Å². The van der Waals surface area contributed by atoms with Gasteiger partial charge in [-0.2, -0.15) is 0 Å². The van der Waals surface area contributed by atoms with Crippen molar-refractivity contribution >= 4 is 6.03 Å². The lowest BCUT2D eigenvalue weighted by molar-refractivity contribution is 0.220. The summed E-state index contributed by atoms with van der Waals surface area (Å²) in [7, 11) is 1.58. The summed E-state index contributed by atoms with van der Waals surface area (Å²) < 4.78 is 5.03. The van der Waals surface area contributed by atoms with Crippen LogP contribution in [0.4, 0.5) is 4.79 Å². The van der Waals surface area contributed by atoms with E-state index >= 15 is 0 Å². The zero-order valence-corrected chi connectivity index (χ0v) is 15.9. The van der Waals surface area contributed by atoms with Gasteiger partial charge < -0.3 is 15.4 Å². The molecule has 1 saturated heterocycles. The molecule has 2 aromatic rings. The number of benzene rings is 1. The minimum atomic E-state index is -0.182. The monoisotopic (exact) mass is 368 g/mol. The Hall–Kier alpha value is -2.60. The number of amides is 2. The summed E-state index contributed by atoms with van der Waals surface area (Å²) in [6.45, 7) is 4.24. The minimum absolute atomic E-state index is 0.182. The highest BCUT2D eigenvalue weighted by Gasteiger charge is 2.12. The van der Waals surface area contributed by atoms with E-state index in [2.05, 4.69) is 38.7 Å². The van der Waals surface area contributed by atoms with E-state index in [-0.39, 0.29) is 6.03 Å². The molecule has 0 saturated carbocycles. The van der Waals surface area contributed by atoms with Gasteiger partial charge in [0.15, 0.2) is 0 Å². The fourth-order valence-electron chi connectivity index (χ4n) is 3.30. The summed E-state index contributed by atoms with van der Waals surface area (Å²) in [6.07, 6.45) is 5.60. The summed E-state index contributed by atoms with van der Waals surface area (Å²) in [6, 6.07) is 11.8. The summed E-state index contributed by atoms with van der Waals surface area (Å²) in [5.74, 6) is 0.563. The van der Waals surface area contributed by atoms with Crippen LogP contribution < -0.4 is 15.4 Å². The van der Waals surface area contributed by atoms with Gasteiger partial charge in [-0.05, 0) is 42.6 Å². The van der Waals surface area contributed by atoms with Crippen LogP contribution in [0.25, 0.3) is 0 Å². The number of pyridine rings is 1. The number of hydrogen-bond donors (Lipinski definition) is 2. The van der Waals surface area contributed by atoms with E-state index in [4.69, 9.17) is 4.74 Å². The van der Waals surface area contributed by atoms with Crippen molar-refractivity contribution < 1.29 is 9.53 Å². The number of nitrogens with one attached hydrogen (secondary N) is 2. The fraction of sp³-hybridized carbons (Fsp3) is 0.429. The van der Waals surface area contributed by atoms with Crippen molar-refractivity contribution in [2.45, 2.75) is 38.9 Å². The van der Waals surface area contributed by atoms with Crippen LogP contribution in [0.2, 0.25) is 0 Å². The number of urea groups is 1. The summed E-state index contributed by atoms with van der Waals surface area (Å²) in [4.78, 5) is 18.8. The van der Waals surface area contributed by atoms with E-state index in [0.29, 0.717) is 19.0 Å². The Labute approximate surface area is 160 Å². The molecule has 1 aliphatic heterocycles. The van der Waals surface area contributed by atoms with E-state index in [9.17, 15) is 4.79 Å². The number of likely N-dealkylation sites (tertiary alicyclic amines) is 1. The zero-order valence-electron chi connectivity index (χ0n) is 15.9. The Morgan fingerprint density at radius 2 is 1.78 bits per heavy atom. The first-order valence-corrected chi connectivity index (χ1v) is 9.54. The van der Waals surface area contributed by atoms with E-state index in [0.717, 1.165) is 25.2 Å². The van der Waals surface area contributed by atoms with E-state index in [1.807, 2.05) is 12.1 Å². The summed E-state index contributed by atoms with van der Waals surface area (Å²) >= 11 is 0. The van der Waals surface area contributed by atoms with Gasteiger partial charge in [-0.3, -0.25) is 4.90 Å². The van der Waals surface area contributed by atoms with E-state index in [1.165, 1.54) is 30.4 Å². The van der Waals surface area contributed by atoms with E-state index < -0.39 is 0 Å². The maximum absolute atomic E-state index is 12.1. The van der Waals surface area contributed by atoms with Gasteiger partial charge in [0.25, 0.3) is 0 Å². The van der Waals surface area contributed by atoms with Gasteiger partial charge in [0.2, 0.25) is 5.88 Å². The molecule has 144 valence electrons. The maximum Gasteiger partial charge on any atom is 0.315 e. The number of nitrogens with zero attached hydrogens (tertiary/aromatic N) is 2. The Morgan fingerprint density at radius 1 is 1.04 bits per heavy atom. The van der Waals surface area contributed by atoms with E-state index in [1.54, 1.807) is 19.4 Å². The predicted octanol–water partition coefficient (Wildman–Crippen LogP) is 3.08. The Kier molecular flexibility index (Phi) is 7.04. The van der Waals surface area contributed by atoms with Gasteiger partial charge in [0.05, 0.1) is 7.11 Å². The molecule has 0 atom stereocenters. The highest BCUT2D eigenvalue weighted by Crippen LogP contribution is 2.16. The van der Waals surface area contributed by atoms with Gasteiger partial charge in [-0.15, -0.1) is 0 Å². The largest absolute Gasteiger partial charge is 0.481 e. The molecule has 6 heteroatoms. The van der Waals surface area contributed by atoms with Crippen LogP contribution in [0.3, 0.4) is 0 Å². The molecule has 2 N–H and O–H groups in total. The molecule has 0 spiro atoms. The summed E-state index contributed by atoms with van der Waals surface area (Å²) in [5, 5.41) is 5.82. The van der Waals surface area contributed by atoms with Gasteiger partial charge in [-0.25, -0.2) is 9.78 Å². The van der Waals surface area contributed by atoms with Crippen molar-refractivity contribution in [2.75, 3.05) is 20.2 Å². The number of piperidine rings is 1. The first-order chi connectivity index (χ1) is 13.2. The van der Waals surface area contributed by atoms with Crippen molar-refractivity contribution in [3.8, 4) is 5.88 Å². The number of aromatic nitrogens is 1. The molecule has 0 unspecified atom stereocenters. The number of hydrogen-bond acceptors (Lipinski definition) is 4. The first-order valence-electron chi connectivity index (χ1n) is 9.54. The van der Waals surface area contributed by atoms with Crippen molar-refractivity contribution in [2.24, 2.45) is 0 Å². The number of methoxy groups -OCH3 is 1. The standard InChI is InChI=1S/C21H28N4O2/c1-27-20-10-9-17(13-22-20)14-23-21(26)24-15-18-7-3-4-8-19(18)16-25-11-5-2-6-12-25/h3-4,7-10,13H,2,5-6,11-12,14-16H2,1H3,(H2,23,24,26). The Morgan fingerprint density at radius 3 is 2.48 bits per heavy atom. The van der Waals surface area contributed by atoms with Crippen LogP contribution in [0.5, 0.6) is 5.88 Å². The molecule has 1 aromatic heterocycles. The second-order valence-electron chi connectivity index (χ2n) is 6.85. The third-order valence-electron chi connectivity index (χ3n) is 4.86. The lowest BCUT2D eigenvalue weighted by atomic mass is 10.0. The van der Waals surface area contributed by atoms with Crippen LogP contribution in [0.1, 0.15) is 36.0 Å². The molecular weight excluding hydrogens is 340 g/mol. The minimum Gasteiger partial charge on any atom is -0.481 e. The fourth-order valence-corrected chi connectivity index (χ4v) is 3.30. The zero-order chi connectivity index (χ0) is 18.9. The number of ether oxygens (including phenoxy) is 1. The Balaban J connectivity index is 1.47. The van der Waals surface area contributed by atoms with Gasteiger partial charge in [0.1, 0.15) is 0 Å². The van der Waals surface area contributed by atoms with Gasteiger partial charge >= 0.3 is 6.03 Å². The summed E-state index contributed by atoms with van der Waals surface area (Å²) in [5.41, 5.74) is 3.39. The number of carbonyl (C=O) groups excluding carboxylic acids is 1. The second kappa shape index (κ2) is 9.92. The number of carbonyl (C=O) groups is 1. The van der Waals surface area contributed by atoms with Crippen LogP contribution in [0.15, 0.2) is 42.6 Å². The average Bonchev–Trinajstić information content (AvgIpc) is 2.73. The Bertz CT molecular complexity index is 727. The molecule has 6 nitrogen and oxygen atoms in total. The molecule has 1 aromatic carbocycles. The molecule has 1 aliphatic rings. The lowest BCUT2D eigenvalue weighted by Crippen LogP contribution is -2.35. The molecule has 0 radical (unpaired) electrons. The van der Waals surface area contributed by atoms with Crippen LogP contribution in [-0.2, 0) is 19.6 Å². The first kappa shape index (κ1) is 19.2. The molecule has 2 amide bonds. The van der Waals surface area contributed by atoms with Gasteiger partial charge in [-0.1, -0.05) is 36.8 Å². The molecule has 0 aliphatic carbocycles. The normalized spacial score (nSPS) is 14.6. The lowest BCUT2D eigenvalue weighted by Gasteiger charge is -2.27. The maximum atomic E-state index is 12.1. The highest BCUT2D eigenvalue weighted by atomic mass is 16.5. The quantitative estimate of drug-likeness (QED) is 0.788. The van der Waals surface area contributed by atoms with Crippen molar-refractivity contribution in [1.29, 1.82) is 0 Å². The predicted molar refractivity (Wildman–Crippen MR) is 105 cm³/mol. The molecule has 1 fully saturated rings. The van der Waals surface area contributed by atoms with Crippen LogP contribution in [0, 0.1) is 0 Å². The number of rotatable bonds is 7. The van der Waals surface area contributed by atoms with Gasteiger partial charge in [0, 0.05) is 31.9 Å². The third-order valence-corrected chi connectivity index (χ3v) is 4.86. The van der Waals surface area contributed by atoms with Crippen LogP contribution >= 0.6 is 0 Å². The highest BCUT2D eigenvalue weighted by molar-refractivity contribution is 5.73. The second-order valence-corrected chi connectivity index (χ2v) is 6.85. The molecular formula is C21H28N4O2. The third kappa shape index (κ3) is 5.96. The van der Waals surface area contributed by atoms with Crippen molar-refractivity contribution in [3.05, 3.63) is 59.3 Å². The SMILES string of the molecule is COc1ccc(CNC(=O)NCc2ccccc2CN2CCCCC2)cn1. The van der Waals surface area contributed by atoms with Crippen LogP contribution in [-0.4, -0.2) is 36.1 Å². The topological polar surface area (TPSA) is 66.5 Å². The molecule has 27 heavy (non-hydrogen) atoms. The molecule has 0 bridgehead atoms. The average molecular weight is 368 g/mol. The molecule has 2 heterocycles. The molecule has 3 rings (SSSR count). The smallest absolute Gasteiger partial charge is 0.315 e. The van der Waals surface area contributed by atoms with Crippen molar-refractivity contribution in [3.63, 3.8) is 0 Å².